The maximum Gasteiger partial charge on any atom is 0.346 e. The lowest BCUT2D eigenvalue weighted by Crippen LogP contribution is -2.25. The number of rotatable bonds is 7. The highest BCUT2D eigenvalue weighted by atomic mass is 16.6. The first-order valence-electron chi connectivity index (χ1n) is 8.06. The van der Waals surface area contributed by atoms with E-state index in [9.17, 15) is 9.59 Å². The van der Waals surface area contributed by atoms with E-state index >= 15 is 0 Å². The molecule has 5 nitrogen and oxygen atoms in total. The Morgan fingerprint density at radius 3 is 2.00 bits per heavy atom. The average Bonchev–Trinajstić information content (AvgIpc) is 2.66. The zero-order valence-electron chi connectivity index (χ0n) is 14.9. The number of carbonyl (C=O) groups excluding carboxylic acids is 2. The van der Waals surface area contributed by atoms with Gasteiger partial charge in [0, 0.05) is 5.56 Å². The van der Waals surface area contributed by atoms with Gasteiger partial charge in [0.05, 0.1) is 14.2 Å². The van der Waals surface area contributed by atoms with Gasteiger partial charge >= 0.3 is 5.97 Å². The van der Waals surface area contributed by atoms with Crippen LogP contribution in [0.4, 0.5) is 0 Å². The highest BCUT2D eigenvalue weighted by molar-refractivity contribution is 6.02. The molecule has 2 rings (SSSR count). The van der Waals surface area contributed by atoms with Gasteiger partial charge in [-0.1, -0.05) is 37.3 Å². The van der Waals surface area contributed by atoms with Crippen molar-refractivity contribution in [3.63, 3.8) is 0 Å². The van der Waals surface area contributed by atoms with Gasteiger partial charge in [0.1, 0.15) is 17.1 Å². The molecule has 0 fully saturated rings. The number of aryl methyl sites for hydroxylation is 1. The van der Waals surface area contributed by atoms with Crippen LogP contribution in [0.2, 0.25) is 0 Å². The normalized spacial score (nSPS) is 11.5. The predicted molar refractivity (Wildman–Crippen MR) is 94.6 cm³/mol. The fourth-order valence-corrected chi connectivity index (χ4v) is 2.46. The van der Waals surface area contributed by atoms with Crippen molar-refractivity contribution < 1.29 is 23.8 Å². The van der Waals surface area contributed by atoms with Gasteiger partial charge in [-0.15, -0.1) is 0 Å². The van der Waals surface area contributed by atoms with Crippen LogP contribution >= 0.6 is 0 Å². The summed E-state index contributed by atoms with van der Waals surface area (Å²) in [6, 6.07) is 12.3. The van der Waals surface area contributed by atoms with Crippen LogP contribution in [0.1, 0.15) is 40.1 Å². The second kappa shape index (κ2) is 8.33. The zero-order chi connectivity index (χ0) is 18.4. The van der Waals surface area contributed by atoms with Crippen molar-refractivity contribution in [1.82, 2.24) is 0 Å². The van der Waals surface area contributed by atoms with E-state index in [0.29, 0.717) is 17.1 Å². The largest absolute Gasteiger partial charge is 0.496 e. The molecule has 0 saturated heterocycles. The number of benzene rings is 2. The maximum absolute atomic E-state index is 12.5. The lowest BCUT2D eigenvalue weighted by molar-refractivity contribution is 0.0313. The summed E-state index contributed by atoms with van der Waals surface area (Å²) in [6.45, 7) is 3.59. The molecule has 0 unspecified atom stereocenters. The molecule has 0 saturated carbocycles. The standard InChI is InChI=1S/C20H22O5/c1-5-14-9-11-15(12-10-14)19(21)13(2)25-20(22)18-16(23-3)7-6-8-17(18)24-4/h6-13H,5H2,1-4H3/t13-/m0/s1. The van der Waals surface area contributed by atoms with Gasteiger partial charge in [-0.3, -0.25) is 4.79 Å². The van der Waals surface area contributed by atoms with Crippen molar-refractivity contribution in [2.24, 2.45) is 0 Å². The van der Waals surface area contributed by atoms with Crippen molar-refractivity contribution >= 4 is 11.8 Å². The Morgan fingerprint density at radius 1 is 0.960 bits per heavy atom. The zero-order valence-corrected chi connectivity index (χ0v) is 14.9. The molecule has 0 aliphatic heterocycles. The van der Waals surface area contributed by atoms with Crippen molar-refractivity contribution in [1.29, 1.82) is 0 Å². The first-order chi connectivity index (χ1) is 12.0. The fraction of sp³-hybridized carbons (Fsp3) is 0.300. The number of Topliss-reactive ketones (excluding diaryl/α,β-unsaturated/α-hetero) is 1. The van der Waals surface area contributed by atoms with Crippen LogP contribution in [0.25, 0.3) is 0 Å². The molecule has 5 heteroatoms. The van der Waals surface area contributed by atoms with E-state index in [1.807, 2.05) is 19.1 Å². The van der Waals surface area contributed by atoms with Crippen LogP contribution < -0.4 is 9.47 Å². The van der Waals surface area contributed by atoms with Gasteiger partial charge in [-0.05, 0) is 31.0 Å². The number of carbonyl (C=O) groups is 2. The molecule has 0 spiro atoms. The summed E-state index contributed by atoms with van der Waals surface area (Å²) >= 11 is 0. The first kappa shape index (κ1) is 18.5. The van der Waals surface area contributed by atoms with E-state index in [0.717, 1.165) is 12.0 Å². The summed E-state index contributed by atoms with van der Waals surface area (Å²) < 4.78 is 15.7. The fourth-order valence-electron chi connectivity index (χ4n) is 2.46. The van der Waals surface area contributed by atoms with Gasteiger partial charge in [0.15, 0.2) is 6.10 Å². The minimum absolute atomic E-state index is 0.161. The highest BCUT2D eigenvalue weighted by Crippen LogP contribution is 2.29. The summed E-state index contributed by atoms with van der Waals surface area (Å²) in [7, 11) is 2.91. The molecule has 0 amide bonds. The molecule has 1 atom stereocenters. The van der Waals surface area contributed by atoms with E-state index in [4.69, 9.17) is 14.2 Å². The molecule has 2 aromatic rings. The average molecular weight is 342 g/mol. The Balaban J connectivity index is 2.18. The van der Waals surface area contributed by atoms with Crippen LogP contribution in [-0.4, -0.2) is 32.1 Å². The lowest BCUT2D eigenvalue weighted by atomic mass is 10.0. The Morgan fingerprint density at radius 2 is 1.52 bits per heavy atom. The first-order valence-corrected chi connectivity index (χ1v) is 8.06. The van der Waals surface area contributed by atoms with E-state index in [-0.39, 0.29) is 11.3 Å². The minimum atomic E-state index is -0.922. The third-order valence-corrected chi connectivity index (χ3v) is 3.93. The smallest absolute Gasteiger partial charge is 0.346 e. The van der Waals surface area contributed by atoms with Crippen LogP contribution in [0.15, 0.2) is 42.5 Å². The lowest BCUT2D eigenvalue weighted by Gasteiger charge is -2.16. The van der Waals surface area contributed by atoms with Crippen molar-refractivity contribution in [2.75, 3.05) is 14.2 Å². The molecule has 0 aromatic heterocycles. The number of ether oxygens (including phenoxy) is 3. The van der Waals surface area contributed by atoms with Crippen molar-refractivity contribution in [3.05, 3.63) is 59.2 Å². The van der Waals surface area contributed by atoms with Gasteiger partial charge in [0.2, 0.25) is 5.78 Å². The molecule has 0 heterocycles. The number of methoxy groups -OCH3 is 2. The third kappa shape index (κ3) is 4.18. The van der Waals surface area contributed by atoms with Crippen LogP contribution in [-0.2, 0) is 11.2 Å². The van der Waals surface area contributed by atoms with E-state index in [1.54, 1.807) is 37.3 Å². The molecule has 0 aliphatic carbocycles. The minimum Gasteiger partial charge on any atom is -0.496 e. The highest BCUT2D eigenvalue weighted by Gasteiger charge is 2.25. The Labute approximate surface area is 147 Å². The van der Waals surface area contributed by atoms with Gasteiger partial charge < -0.3 is 14.2 Å². The monoisotopic (exact) mass is 342 g/mol. The van der Waals surface area contributed by atoms with Crippen LogP contribution in [0.3, 0.4) is 0 Å². The summed E-state index contributed by atoms with van der Waals surface area (Å²) in [5.41, 5.74) is 1.80. The molecule has 0 bridgehead atoms. The van der Waals surface area contributed by atoms with Crippen LogP contribution in [0, 0.1) is 0 Å². The summed E-state index contributed by atoms with van der Waals surface area (Å²) in [5.74, 6) is -0.266. The SMILES string of the molecule is CCc1ccc(C(=O)[C@H](C)OC(=O)c2c(OC)cccc2OC)cc1. The summed E-state index contributed by atoms with van der Waals surface area (Å²) in [4.78, 5) is 25.0. The molecular weight excluding hydrogens is 320 g/mol. The second-order valence-electron chi connectivity index (χ2n) is 5.50. The molecule has 25 heavy (non-hydrogen) atoms. The maximum atomic E-state index is 12.5. The van der Waals surface area contributed by atoms with E-state index in [1.165, 1.54) is 14.2 Å². The van der Waals surface area contributed by atoms with E-state index < -0.39 is 12.1 Å². The third-order valence-electron chi connectivity index (χ3n) is 3.93. The van der Waals surface area contributed by atoms with Crippen molar-refractivity contribution in [2.45, 2.75) is 26.4 Å². The molecule has 0 aliphatic rings. The Hall–Kier alpha value is -2.82. The van der Waals surface area contributed by atoms with Crippen LogP contribution in [0.5, 0.6) is 11.5 Å². The molecule has 132 valence electrons. The molecular formula is C20H22O5. The number of ketones is 1. The molecule has 2 aromatic carbocycles. The summed E-state index contributed by atoms with van der Waals surface area (Å²) in [5, 5.41) is 0. The number of hydrogen-bond donors (Lipinski definition) is 0. The second-order valence-corrected chi connectivity index (χ2v) is 5.50. The Bertz CT molecular complexity index is 727. The molecule has 0 radical (unpaired) electrons. The summed E-state index contributed by atoms with van der Waals surface area (Å²) in [6.07, 6.45) is -0.0262. The van der Waals surface area contributed by atoms with Gasteiger partial charge in [-0.2, -0.15) is 0 Å². The van der Waals surface area contributed by atoms with Crippen molar-refractivity contribution in [3.8, 4) is 11.5 Å². The number of esters is 1. The van der Waals surface area contributed by atoms with Gasteiger partial charge in [0.25, 0.3) is 0 Å². The Kier molecular flexibility index (Phi) is 6.17. The quantitative estimate of drug-likeness (QED) is 0.567. The topological polar surface area (TPSA) is 61.8 Å². The predicted octanol–water partition coefficient (Wildman–Crippen LogP) is 3.69. The number of hydrogen-bond acceptors (Lipinski definition) is 5. The van der Waals surface area contributed by atoms with E-state index in [2.05, 4.69) is 0 Å². The molecule has 0 N–H and O–H groups in total. The van der Waals surface area contributed by atoms with Gasteiger partial charge in [-0.25, -0.2) is 4.79 Å².